The lowest BCUT2D eigenvalue weighted by Gasteiger charge is -2.34. The maximum atomic E-state index is 12.9. The molecule has 1 atom stereocenters. The smallest absolute Gasteiger partial charge is 0.267 e. The van der Waals surface area contributed by atoms with Crippen molar-refractivity contribution in [2.75, 3.05) is 29.0 Å². The molecule has 0 spiro atoms. The van der Waals surface area contributed by atoms with E-state index in [1.165, 1.54) is 0 Å². The van der Waals surface area contributed by atoms with Gasteiger partial charge in [0.1, 0.15) is 5.75 Å². The van der Waals surface area contributed by atoms with Crippen LogP contribution in [0, 0.1) is 6.92 Å². The lowest BCUT2D eigenvalue weighted by molar-refractivity contribution is -0.122. The average molecular weight is 429 g/mol. The van der Waals surface area contributed by atoms with E-state index in [2.05, 4.69) is 17.2 Å². The fourth-order valence-electron chi connectivity index (χ4n) is 3.08. The molecule has 0 fully saturated rings. The van der Waals surface area contributed by atoms with Crippen LogP contribution < -0.4 is 19.7 Å². The van der Waals surface area contributed by atoms with Gasteiger partial charge in [0, 0.05) is 6.54 Å². The van der Waals surface area contributed by atoms with Crippen LogP contribution in [0.5, 0.6) is 5.75 Å². The minimum Gasteiger partial charge on any atom is -0.476 e. The minimum absolute atomic E-state index is 0.175. The van der Waals surface area contributed by atoms with Crippen molar-refractivity contribution >= 4 is 33.2 Å². The largest absolute Gasteiger partial charge is 0.476 e. The summed E-state index contributed by atoms with van der Waals surface area (Å²) >= 11 is 0. The summed E-state index contributed by atoms with van der Waals surface area (Å²) in [7, 11) is -3.63. The van der Waals surface area contributed by atoms with E-state index in [0.717, 1.165) is 16.1 Å². The number of sulfonamides is 1. The van der Waals surface area contributed by atoms with Gasteiger partial charge in [-0.2, -0.15) is 0 Å². The number of benzene rings is 2. The molecule has 1 aliphatic heterocycles. The van der Waals surface area contributed by atoms with Crippen LogP contribution in [0.15, 0.2) is 55.1 Å². The second-order valence-electron chi connectivity index (χ2n) is 6.91. The summed E-state index contributed by atoms with van der Waals surface area (Å²) in [4.78, 5) is 25.2. The molecule has 2 aromatic carbocycles. The number of nitrogens with zero attached hydrogens (tertiary/aromatic N) is 1. The van der Waals surface area contributed by atoms with Gasteiger partial charge in [-0.25, -0.2) is 8.42 Å². The van der Waals surface area contributed by atoms with Crippen molar-refractivity contribution in [3.05, 3.63) is 66.2 Å². The molecule has 1 aliphatic rings. The summed E-state index contributed by atoms with van der Waals surface area (Å²) in [5.74, 6) is -0.623. The van der Waals surface area contributed by atoms with Crippen molar-refractivity contribution in [2.24, 2.45) is 0 Å². The molecule has 2 N–H and O–H groups in total. The van der Waals surface area contributed by atoms with E-state index in [4.69, 9.17) is 4.74 Å². The highest BCUT2D eigenvalue weighted by Crippen LogP contribution is 2.36. The summed E-state index contributed by atoms with van der Waals surface area (Å²) in [6.45, 7) is 5.50. The van der Waals surface area contributed by atoms with E-state index in [-0.39, 0.29) is 24.6 Å². The van der Waals surface area contributed by atoms with Gasteiger partial charge in [-0.15, -0.1) is 6.58 Å². The van der Waals surface area contributed by atoms with E-state index in [1.54, 1.807) is 48.5 Å². The molecular formula is C21H23N3O5S. The number of aryl methyl sites for hydroxylation is 1. The number of ether oxygens (including phenoxy) is 1. The van der Waals surface area contributed by atoms with E-state index in [9.17, 15) is 18.0 Å². The van der Waals surface area contributed by atoms with Crippen molar-refractivity contribution in [1.29, 1.82) is 0 Å². The Kier molecular flexibility index (Phi) is 6.12. The Morgan fingerprint density at radius 3 is 2.70 bits per heavy atom. The van der Waals surface area contributed by atoms with Crippen LogP contribution >= 0.6 is 0 Å². The van der Waals surface area contributed by atoms with Gasteiger partial charge in [0.25, 0.3) is 11.8 Å². The molecule has 0 saturated carbocycles. The molecule has 0 saturated heterocycles. The first-order valence-corrected chi connectivity index (χ1v) is 11.1. The zero-order valence-corrected chi connectivity index (χ0v) is 17.5. The second kappa shape index (κ2) is 8.58. The number of amides is 2. The Labute approximate surface area is 175 Å². The minimum atomic E-state index is -3.63. The number of carbonyl (C=O) groups is 2. The van der Waals surface area contributed by atoms with Crippen molar-refractivity contribution in [3.8, 4) is 5.75 Å². The molecule has 30 heavy (non-hydrogen) atoms. The lowest BCUT2D eigenvalue weighted by atomic mass is 10.1. The second-order valence-corrected chi connectivity index (χ2v) is 8.81. The Hall–Kier alpha value is -3.33. The number of nitrogens with one attached hydrogen (secondary N) is 2. The van der Waals surface area contributed by atoms with Gasteiger partial charge in [-0.3, -0.25) is 13.9 Å². The van der Waals surface area contributed by atoms with E-state index in [0.29, 0.717) is 17.1 Å². The van der Waals surface area contributed by atoms with Gasteiger partial charge in [-0.05, 0) is 36.8 Å². The number of fused-ring (bicyclic) bond motifs is 1. The highest BCUT2D eigenvalue weighted by atomic mass is 32.2. The molecular weight excluding hydrogens is 406 g/mol. The molecule has 0 aliphatic carbocycles. The molecule has 0 unspecified atom stereocenters. The molecule has 9 heteroatoms. The third-order valence-corrected chi connectivity index (χ3v) is 5.66. The van der Waals surface area contributed by atoms with E-state index in [1.807, 2.05) is 6.92 Å². The summed E-state index contributed by atoms with van der Waals surface area (Å²) in [5, 5.41) is 5.34. The topological polar surface area (TPSA) is 105 Å². The summed E-state index contributed by atoms with van der Waals surface area (Å²) < 4.78 is 31.6. The molecule has 2 amide bonds. The summed E-state index contributed by atoms with van der Waals surface area (Å²) in [5.41, 5.74) is 1.84. The number of carbonyl (C=O) groups excluding carboxylic acids is 2. The fraction of sp³-hybridized carbons (Fsp3) is 0.238. The van der Waals surface area contributed by atoms with Crippen molar-refractivity contribution in [2.45, 2.75) is 13.0 Å². The van der Waals surface area contributed by atoms with Crippen LogP contribution in [0.1, 0.15) is 15.9 Å². The van der Waals surface area contributed by atoms with Crippen LogP contribution in [0.2, 0.25) is 0 Å². The van der Waals surface area contributed by atoms with E-state index < -0.39 is 22.0 Å². The number of hydrogen-bond donors (Lipinski definition) is 2. The number of para-hydroxylation sites is 1. The normalized spacial score (nSPS) is 15.5. The number of hydrogen-bond acceptors (Lipinski definition) is 5. The van der Waals surface area contributed by atoms with Crippen LogP contribution in [0.4, 0.5) is 11.4 Å². The summed E-state index contributed by atoms with van der Waals surface area (Å²) in [6, 6.07) is 11.6. The molecule has 158 valence electrons. The van der Waals surface area contributed by atoms with E-state index >= 15 is 0 Å². The van der Waals surface area contributed by atoms with Gasteiger partial charge < -0.3 is 15.4 Å². The molecule has 0 radical (unpaired) electrons. The molecule has 2 aromatic rings. The number of rotatable bonds is 6. The zero-order chi connectivity index (χ0) is 21.9. The molecule has 0 aromatic heterocycles. The first-order valence-electron chi connectivity index (χ1n) is 9.24. The van der Waals surface area contributed by atoms with Gasteiger partial charge in [0.15, 0.2) is 6.10 Å². The quantitative estimate of drug-likeness (QED) is 0.684. The van der Waals surface area contributed by atoms with Gasteiger partial charge >= 0.3 is 0 Å². The summed E-state index contributed by atoms with van der Waals surface area (Å²) in [6.07, 6.45) is 1.55. The zero-order valence-electron chi connectivity index (χ0n) is 16.7. The van der Waals surface area contributed by atoms with Gasteiger partial charge in [0.05, 0.1) is 29.7 Å². The molecule has 0 bridgehead atoms. The number of anilines is 2. The first-order chi connectivity index (χ1) is 14.2. The average Bonchev–Trinajstić information content (AvgIpc) is 2.70. The third kappa shape index (κ3) is 4.62. The van der Waals surface area contributed by atoms with Crippen molar-refractivity contribution < 1.29 is 22.7 Å². The third-order valence-electron chi connectivity index (χ3n) is 4.51. The van der Waals surface area contributed by atoms with Crippen LogP contribution in [-0.2, 0) is 14.8 Å². The highest BCUT2D eigenvalue weighted by molar-refractivity contribution is 7.92. The monoisotopic (exact) mass is 429 g/mol. The maximum absolute atomic E-state index is 12.9. The molecule has 3 rings (SSSR count). The Morgan fingerprint density at radius 2 is 2.00 bits per heavy atom. The van der Waals surface area contributed by atoms with Crippen molar-refractivity contribution in [3.63, 3.8) is 0 Å². The Morgan fingerprint density at radius 1 is 1.27 bits per heavy atom. The van der Waals surface area contributed by atoms with Crippen LogP contribution in [0.25, 0.3) is 0 Å². The van der Waals surface area contributed by atoms with Gasteiger partial charge in [0.2, 0.25) is 10.0 Å². The van der Waals surface area contributed by atoms with Crippen LogP contribution in [0.3, 0.4) is 0 Å². The fourth-order valence-corrected chi connectivity index (χ4v) is 3.98. The highest BCUT2D eigenvalue weighted by Gasteiger charge is 2.35. The maximum Gasteiger partial charge on any atom is 0.267 e. The SMILES string of the molecule is C=CCNC(=O)c1ccccc1NC(=O)[C@@H]1CN(S(C)(=O)=O)c2cc(C)ccc2O1. The van der Waals surface area contributed by atoms with Gasteiger partial charge in [-0.1, -0.05) is 24.3 Å². The standard InChI is InChI=1S/C21H23N3O5S/c1-4-11-22-20(25)15-7-5-6-8-16(15)23-21(26)19-13-24(30(3,27)28)17-12-14(2)9-10-18(17)29-19/h4-10,12,19H,1,11,13H2,2-3H3,(H,22,25)(H,23,26)/t19-/m0/s1. The van der Waals surface area contributed by atoms with Crippen molar-refractivity contribution in [1.82, 2.24) is 5.32 Å². The molecule has 8 nitrogen and oxygen atoms in total. The van der Waals surface area contributed by atoms with Crippen LogP contribution in [-0.4, -0.2) is 45.7 Å². The predicted molar refractivity (Wildman–Crippen MR) is 115 cm³/mol. The Balaban J connectivity index is 1.86. The first kappa shape index (κ1) is 21.4. The lowest BCUT2D eigenvalue weighted by Crippen LogP contribution is -2.48. The predicted octanol–water partition coefficient (Wildman–Crippen LogP) is 2.08. The molecule has 1 heterocycles. The Bertz CT molecular complexity index is 1100.